The normalized spacial score (nSPS) is 11.6. The van der Waals surface area contributed by atoms with Crippen molar-refractivity contribution < 1.29 is 19.4 Å². The summed E-state index contributed by atoms with van der Waals surface area (Å²) >= 11 is 0. The van der Waals surface area contributed by atoms with Crippen LogP contribution in [0.4, 0.5) is 0 Å². The Morgan fingerprint density at radius 3 is 2.20 bits per heavy atom. The topological polar surface area (TPSA) is 75.6 Å². The van der Waals surface area contributed by atoms with E-state index < -0.39 is 5.97 Å². The smallest absolute Gasteiger partial charge is 0.335 e. The SMILES string of the molecule is COc1ccc(CC(C)CNC(=O)Cc2ccc(C(=O)O)cc2)cc1. The van der Waals surface area contributed by atoms with Crippen molar-refractivity contribution in [3.8, 4) is 5.75 Å². The van der Waals surface area contributed by atoms with Crippen LogP contribution in [0, 0.1) is 5.92 Å². The maximum absolute atomic E-state index is 12.0. The van der Waals surface area contributed by atoms with Gasteiger partial charge in [0.15, 0.2) is 0 Å². The Kier molecular flexibility index (Phi) is 6.57. The number of methoxy groups -OCH3 is 1. The van der Waals surface area contributed by atoms with Crippen LogP contribution in [0.15, 0.2) is 48.5 Å². The Morgan fingerprint density at radius 2 is 1.64 bits per heavy atom. The van der Waals surface area contributed by atoms with Crippen molar-refractivity contribution in [1.29, 1.82) is 0 Å². The fourth-order valence-corrected chi connectivity index (χ4v) is 2.54. The van der Waals surface area contributed by atoms with Crippen LogP contribution < -0.4 is 10.1 Å². The molecule has 0 heterocycles. The van der Waals surface area contributed by atoms with E-state index in [9.17, 15) is 9.59 Å². The molecule has 132 valence electrons. The molecule has 1 unspecified atom stereocenters. The number of aromatic carboxylic acids is 1. The first kappa shape index (κ1) is 18.5. The Bertz CT molecular complexity index is 707. The van der Waals surface area contributed by atoms with Gasteiger partial charge in [-0.05, 0) is 47.7 Å². The minimum atomic E-state index is -0.969. The highest BCUT2D eigenvalue weighted by Crippen LogP contribution is 2.14. The summed E-state index contributed by atoms with van der Waals surface area (Å²) in [5, 5.41) is 11.8. The molecule has 1 amide bonds. The Labute approximate surface area is 147 Å². The van der Waals surface area contributed by atoms with E-state index >= 15 is 0 Å². The van der Waals surface area contributed by atoms with E-state index in [1.165, 1.54) is 17.7 Å². The maximum Gasteiger partial charge on any atom is 0.335 e. The molecule has 2 aromatic carbocycles. The van der Waals surface area contributed by atoms with Gasteiger partial charge in [-0.2, -0.15) is 0 Å². The first-order valence-electron chi connectivity index (χ1n) is 8.20. The van der Waals surface area contributed by atoms with E-state index in [0.29, 0.717) is 12.5 Å². The molecule has 0 aliphatic heterocycles. The molecule has 2 N–H and O–H groups in total. The van der Waals surface area contributed by atoms with E-state index in [1.54, 1.807) is 19.2 Å². The summed E-state index contributed by atoms with van der Waals surface area (Å²) in [5.74, 6) is 0.110. The molecule has 0 aromatic heterocycles. The van der Waals surface area contributed by atoms with Gasteiger partial charge in [0.05, 0.1) is 19.1 Å². The number of rotatable bonds is 8. The van der Waals surface area contributed by atoms with Crippen LogP contribution in [0.2, 0.25) is 0 Å². The highest BCUT2D eigenvalue weighted by Gasteiger charge is 2.09. The van der Waals surface area contributed by atoms with Crippen LogP contribution in [0.25, 0.3) is 0 Å². The number of amides is 1. The highest BCUT2D eigenvalue weighted by atomic mass is 16.5. The van der Waals surface area contributed by atoms with Gasteiger partial charge < -0.3 is 15.2 Å². The second kappa shape index (κ2) is 8.87. The lowest BCUT2D eigenvalue weighted by Gasteiger charge is -2.13. The third-order valence-corrected chi connectivity index (χ3v) is 3.96. The molecule has 0 aliphatic rings. The predicted octanol–water partition coefficient (Wildman–Crippen LogP) is 2.93. The summed E-state index contributed by atoms with van der Waals surface area (Å²) in [4.78, 5) is 22.8. The van der Waals surface area contributed by atoms with E-state index in [2.05, 4.69) is 12.2 Å². The van der Waals surface area contributed by atoms with Crippen molar-refractivity contribution in [2.75, 3.05) is 13.7 Å². The lowest BCUT2D eigenvalue weighted by molar-refractivity contribution is -0.120. The van der Waals surface area contributed by atoms with Gasteiger partial charge in [0.1, 0.15) is 5.75 Å². The van der Waals surface area contributed by atoms with Gasteiger partial charge in [-0.1, -0.05) is 31.2 Å². The molecule has 0 saturated heterocycles. The van der Waals surface area contributed by atoms with E-state index in [0.717, 1.165) is 17.7 Å². The Morgan fingerprint density at radius 1 is 1.04 bits per heavy atom. The molecular formula is C20H23NO4. The molecule has 0 saturated carbocycles. The zero-order valence-electron chi connectivity index (χ0n) is 14.5. The number of carboxylic acids is 1. The monoisotopic (exact) mass is 341 g/mol. The van der Waals surface area contributed by atoms with Crippen LogP contribution in [0.5, 0.6) is 5.75 Å². The van der Waals surface area contributed by atoms with Crippen LogP contribution in [0.1, 0.15) is 28.4 Å². The summed E-state index contributed by atoms with van der Waals surface area (Å²) in [6.07, 6.45) is 1.12. The Hall–Kier alpha value is -2.82. The standard InChI is InChI=1S/C20H23NO4/c1-14(11-15-5-9-18(25-2)10-6-15)13-21-19(22)12-16-3-7-17(8-4-16)20(23)24/h3-10,14H,11-13H2,1-2H3,(H,21,22)(H,23,24). The molecule has 5 heteroatoms. The average molecular weight is 341 g/mol. The molecule has 0 spiro atoms. The van der Waals surface area contributed by atoms with Gasteiger partial charge in [-0.25, -0.2) is 4.79 Å². The number of carbonyl (C=O) groups excluding carboxylic acids is 1. The summed E-state index contributed by atoms with van der Waals surface area (Å²) in [6, 6.07) is 14.3. The quantitative estimate of drug-likeness (QED) is 0.774. The zero-order chi connectivity index (χ0) is 18.2. The average Bonchev–Trinajstić information content (AvgIpc) is 2.61. The minimum Gasteiger partial charge on any atom is -0.497 e. The van der Waals surface area contributed by atoms with E-state index in [4.69, 9.17) is 9.84 Å². The first-order chi connectivity index (χ1) is 12.0. The van der Waals surface area contributed by atoms with Crippen molar-refractivity contribution in [1.82, 2.24) is 5.32 Å². The predicted molar refractivity (Wildman–Crippen MR) is 96.0 cm³/mol. The van der Waals surface area contributed by atoms with Gasteiger partial charge in [0, 0.05) is 6.54 Å². The third-order valence-electron chi connectivity index (χ3n) is 3.96. The number of benzene rings is 2. The lowest BCUT2D eigenvalue weighted by Crippen LogP contribution is -2.30. The molecule has 25 heavy (non-hydrogen) atoms. The van der Waals surface area contributed by atoms with Crippen LogP contribution in [-0.4, -0.2) is 30.6 Å². The number of hydrogen-bond donors (Lipinski definition) is 2. The van der Waals surface area contributed by atoms with Crippen LogP contribution in [0.3, 0.4) is 0 Å². The number of nitrogens with one attached hydrogen (secondary N) is 1. The van der Waals surface area contributed by atoms with Gasteiger partial charge in [-0.15, -0.1) is 0 Å². The van der Waals surface area contributed by atoms with Gasteiger partial charge in [0.25, 0.3) is 0 Å². The summed E-state index contributed by atoms with van der Waals surface area (Å²) < 4.78 is 5.14. The molecule has 1 atom stereocenters. The lowest BCUT2D eigenvalue weighted by atomic mass is 10.0. The molecule has 0 radical (unpaired) electrons. The number of hydrogen-bond acceptors (Lipinski definition) is 3. The summed E-state index contributed by atoms with van der Waals surface area (Å²) in [6.45, 7) is 2.68. The number of carboxylic acid groups (broad SMARTS) is 1. The van der Waals surface area contributed by atoms with Gasteiger partial charge in [0.2, 0.25) is 5.91 Å². The summed E-state index contributed by atoms with van der Waals surface area (Å²) in [7, 11) is 1.64. The van der Waals surface area contributed by atoms with Crippen LogP contribution in [-0.2, 0) is 17.6 Å². The van der Waals surface area contributed by atoms with Crippen molar-refractivity contribution in [2.45, 2.75) is 19.8 Å². The fraction of sp³-hybridized carbons (Fsp3) is 0.300. The molecule has 0 bridgehead atoms. The molecule has 2 aromatic rings. The van der Waals surface area contributed by atoms with Crippen LogP contribution >= 0.6 is 0 Å². The van der Waals surface area contributed by atoms with Crippen molar-refractivity contribution in [3.05, 3.63) is 65.2 Å². The first-order valence-corrected chi connectivity index (χ1v) is 8.20. The second-order valence-electron chi connectivity index (χ2n) is 6.14. The molecule has 5 nitrogen and oxygen atoms in total. The third kappa shape index (κ3) is 5.95. The van der Waals surface area contributed by atoms with E-state index in [-0.39, 0.29) is 17.9 Å². The van der Waals surface area contributed by atoms with Gasteiger partial charge >= 0.3 is 5.97 Å². The molecular weight excluding hydrogens is 318 g/mol. The number of ether oxygens (including phenoxy) is 1. The van der Waals surface area contributed by atoms with Crippen molar-refractivity contribution in [2.24, 2.45) is 5.92 Å². The molecule has 0 fully saturated rings. The fourth-order valence-electron chi connectivity index (χ4n) is 2.54. The zero-order valence-corrected chi connectivity index (χ0v) is 14.5. The number of carbonyl (C=O) groups is 2. The minimum absolute atomic E-state index is 0.0651. The summed E-state index contributed by atoms with van der Waals surface area (Å²) in [5.41, 5.74) is 2.22. The van der Waals surface area contributed by atoms with Crippen molar-refractivity contribution in [3.63, 3.8) is 0 Å². The van der Waals surface area contributed by atoms with E-state index in [1.807, 2.05) is 24.3 Å². The second-order valence-corrected chi connectivity index (χ2v) is 6.14. The maximum atomic E-state index is 12.0. The van der Waals surface area contributed by atoms with Crippen molar-refractivity contribution >= 4 is 11.9 Å². The highest BCUT2D eigenvalue weighted by molar-refractivity contribution is 5.87. The van der Waals surface area contributed by atoms with Gasteiger partial charge in [-0.3, -0.25) is 4.79 Å². The molecule has 2 rings (SSSR count). The largest absolute Gasteiger partial charge is 0.497 e. The Balaban J connectivity index is 1.77. The molecule has 0 aliphatic carbocycles.